The first-order valence-corrected chi connectivity index (χ1v) is 14.6. The number of aromatic nitrogens is 4. The van der Waals surface area contributed by atoms with Gasteiger partial charge in [0.15, 0.2) is 12.3 Å². The average Bonchev–Trinajstić information content (AvgIpc) is 3.41. The Morgan fingerprint density at radius 3 is 2.45 bits per heavy atom. The van der Waals surface area contributed by atoms with Gasteiger partial charge in [0.05, 0.1) is 11.4 Å². The van der Waals surface area contributed by atoms with Gasteiger partial charge in [0.2, 0.25) is 0 Å². The number of rotatable bonds is 9. The molecule has 0 radical (unpaired) electrons. The first kappa shape index (κ1) is 27.9. The van der Waals surface area contributed by atoms with Gasteiger partial charge in [-0.2, -0.15) is 5.10 Å². The predicted octanol–water partition coefficient (Wildman–Crippen LogP) is 3.88. The summed E-state index contributed by atoms with van der Waals surface area (Å²) in [5, 5.41) is 18.2. The van der Waals surface area contributed by atoms with Crippen LogP contribution in [-0.4, -0.2) is 86.5 Å². The molecule has 1 aliphatic carbocycles. The van der Waals surface area contributed by atoms with E-state index in [2.05, 4.69) is 36.8 Å². The first-order chi connectivity index (χ1) is 20.5. The number of nitrogen functional groups attached to an aromatic ring is 1. The number of carbonyl (C=O) groups is 1. The minimum Gasteiger partial charge on any atom is -0.482 e. The molecule has 2 aromatic heterocycles. The smallest absolute Gasteiger partial charge is 0.341 e. The van der Waals surface area contributed by atoms with Crippen molar-refractivity contribution in [3.05, 3.63) is 60.4 Å². The Balaban J connectivity index is 1.17. The van der Waals surface area contributed by atoms with Crippen LogP contribution < -0.4 is 15.8 Å². The number of hydrogen-bond acceptors (Lipinski definition) is 9. The number of nitrogens with one attached hydrogen (secondary N) is 1. The molecule has 2 fully saturated rings. The van der Waals surface area contributed by atoms with Gasteiger partial charge in [-0.15, -0.1) is 0 Å². The maximum absolute atomic E-state index is 10.9. The van der Waals surface area contributed by atoms with E-state index in [0.717, 1.165) is 85.4 Å². The van der Waals surface area contributed by atoms with Crippen molar-refractivity contribution in [1.82, 2.24) is 29.5 Å². The lowest BCUT2D eigenvalue weighted by Crippen LogP contribution is -2.49. The topological polar surface area (TPSA) is 135 Å². The van der Waals surface area contributed by atoms with E-state index >= 15 is 0 Å². The van der Waals surface area contributed by atoms with Crippen molar-refractivity contribution in [2.75, 3.05) is 50.9 Å². The molecule has 42 heavy (non-hydrogen) atoms. The summed E-state index contributed by atoms with van der Waals surface area (Å²) >= 11 is 0. The van der Waals surface area contributed by atoms with Gasteiger partial charge in [0.25, 0.3) is 0 Å². The summed E-state index contributed by atoms with van der Waals surface area (Å²) in [7, 11) is 2.20. The molecule has 3 heterocycles. The Kier molecular flexibility index (Phi) is 8.20. The number of carboxylic acid groups (broad SMARTS) is 1. The summed E-state index contributed by atoms with van der Waals surface area (Å²) in [5.41, 5.74) is 10.7. The Bertz CT molecular complexity index is 1520. The summed E-state index contributed by atoms with van der Waals surface area (Å²) in [6.45, 7) is 4.71. The summed E-state index contributed by atoms with van der Waals surface area (Å²) in [6.07, 6.45) is 5.99. The van der Waals surface area contributed by atoms with Gasteiger partial charge in [-0.25, -0.2) is 19.4 Å². The highest BCUT2D eigenvalue weighted by Crippen LogP contribution is 2.37. The molecule has 6 rings (SSSR count). The molecule has 220 valence electrons. The fraction of sp³-hybridized carbons (Fsp3) is 0.419. The van der Waals surface area contributed by atoms with Crippen LogP contribution in [0.25, 0.3) is 22.3 Å². The van der Waals surface area contributed by atoms with Crippen LogP contribution in [0.2, 0.25) is 0 Å². The van der Waals surface area contributed by atoms with Gasteiger partial charge in [-0.05, 0) is 50.9 Å². The third-order valence-corrected chi connectivity index (χ3v) is 8.55. The van der Waals surface area contributed by atoms with Crippen LogP contribution in [0.5, 0.6) is 5.75 Å². The molecule has 4 aromatic rings. The van der Waals surface area contributed by atoms with Crippen molar-refractivity contribution >= 4 is 28.5 Å². The maximum Gasteiger partial charge on any atom is 0.341 e. The fourth-order valence-corrected chi connectivity index (χ4v) is 6.18. The van der Waals surface area contributed by atoms with Crippen molar-refractivity contribution in [3.63, 3.8) is 0 Å². The molecule has 11 nitrogen and oxygen atoms in total. The predicted molar refractivity (Wildman–Crippen MR) is 162 cm³/mol. The molecule has 0 spiro atoms. The molecule has 0 unspecified atom stereocenters. The van der Waals surface area contributed by atoms with E-state index in [9.17, 15) is 4.79 Å². The largest absolute Gasteiger partial charge is 0.482 e. The second-order valence-corrected chi connectivity index (χ2v) is 11.3. The van der Waals surface area contributed by atoms with Crippen LogP contribution in [0.4, 0.5) is 11.5 Å². The van der Waals surface area contributed by atoms with Crippen molar-refractivity contribution in [1.29, 1.82) is 0 Å². The Labute approximate surface area is 245 Å². The lowest BCUT2D eigenvalue weighted by Gasteiger charge is -2.41. The second-order valence-electron chi connectivity index (χ2n) is 11.3. The summed E-state index contributed by atoms with van der Waals surface area (Å²) in [4.78, 5) is 24.9. The Morgan fingerprint density at radius 1 is 1.00 bits per heavy atom. The molecule has 2 aromatic carbocycles. The van der Waals surface area contributed by atoms with Gasteiger partial charge in [0, 0.05) is 55.6 Å². The van der Waals surface area contributed by atoms with E-state index in [-0.39, 0.29) is 12.6 Å². The molecule has 2 aliphatic rings. The highest BCUT2D eigenvalue weighted by molar-refractivity contribution is 5.98. The molecular formula is C31H38N8O3. The lowest BCUT2D eigenvalue weighted by molar-refractivity contribution is -0.139. The second kappa shape index (κ2) is 12.3. The number of hydrogen-bond donors (Lipinski definition) is 3. The molecule has 1 saturated heterocycles. The Hall–Kier alpha value is -4.22. The number of nitrogens with two attached hydrogens (primary N) is 1. The van der Waals surface area contributed by atoms with E-state index in [1.165, 1.54) is 6.33 Å². The summed E-state index contributed by atoms with van der Waals surface area (Å²) in [6, 6.07) is 16.4. The quantitative estimate of drug-likeness (QED) is 0.272. The standard InChI is InChI=1S/C31H38N8O3/c1-37-14-16-38(17-15-37)24-10-12-25(13-11-24)39-31-28(30(32)34-20-35-31)29(36-39)21-6-8-23(9-7-21)33-18-22-4-2-3-5-26(22)42-19-27(40)41/h2-9,20,24-25,33H,10-19H2,1H3,(H,40,41)(H2,32,34,35)/t24-,25+. The number of para-hydroxylation sites is 1. The van der Waals surface area contributed by atoms with Crippen LogP contribution in [-0.2, 0) is 11.3 Å². The number of piperazine rings is 1. The molecule has 0 atom stereocenters. The van der Waals surface area contributed by atoms with E-state index in [1.54, 1.807) is 6.07 Å². The van der Waals surface area contributed by atoms with Gasteiger partial charge >= 0.3 is 5.97 Å². The number of benzene rings is 2. The minimum absolute atomic E-state index is 0.281. The number of nitrogens with zero attached hydrogens (tertiary/aromatic N) is 6. The van der Waals surface area contributed by atoms with E-state index in [1.807, 2.05) is 42.5 Å². The number of anilines is 2. The maximum atomic E-state index is 10.9. The highest BCUT2D eigenvalue weighted by atomic mass is 16.5. The average molecular weight is 571 g/mol. The molecular weight excluding hydrogens is 532 g/mol. The van der Waals surface area contributed by atoms with Crippen LogP contribution in [0, 0.1) is 0 Å². The summed E-state index contributed by atoms with van der Waals surface area (Å²) in [5.74, 6) is -0.0192. The molecule has 4 N–H and O–H groups in total. The van der Waals surface area contributed by atoms with Gasteiger partial charge < -0.3 is 25.8 Å². The van der Waals surface area contributed by atoms with Crippen LogP contribution in [0.15, 0.2) is 54.9 Å². The first-order valence-electron chi connectivity index (χ1n) is 14.6. The number of likely N-dealkylation sites (N-methyl/N-ethyl adjacent to an activating group) is 1. The number of aliphatic carboxylic acids is 1. The zero-order valence-corrected chi connectivity index (χ0v) is 23.9. The lowest BCUT2D eigenvalue weighted by atomic mass is 9.90. The normalized spacial score (nSPS) is 20.0. The van der Waals surface area contributed by atoms with E-state index in [0.29, 0.717) is 24.2 Å². The monoisotopic (exact) mass is 570 g/mol. The van der Waals surface area contributed by atoms with Crippen molar-refractivity contribution in [2.45, 2.75) is 44.3 Å². The van der Waals surface area contributed by atoms with Crippen LogP contribution in [0.1, 0.15) is 37.3 Å². The molecule has 0 amide bonds. The fourth-order valence-electron chi connectivity index (χ4n) is 6.18. The molecule has 11 heteroatoms. The number of ether oxygens (including phenoxy) is 1. The molecule has 1 aliphatic heterocycles. The van der Waals surface area contributed by atoms with E-state index < -0.39 is 5.97 Å². The van der Waals surface area contributed by atoms with Gasteiger partial charge in [-0.1, -0.05) is 30.3 Å². The van der Waals surface area contributed by atoms with Crippen LogP contribution in [0.3, 0.4) is 0 Å². The van der Waals surface area contributed by atoms with Crippen molar-refractivity contribution < 1.29 is 14.6 Å². The highest BCUT2D eigenvalue weighted by Gasteiger charge is 2.30. The van der Waals surface area contributed by atoms with Crippen molar-refractivity contribution in [2.24, 2.45) is 0 Å². The molecule has 1 saturated carbocycles. The molecule has 0 bridgehead atoms. The minimum atomic E-state index is -1.01. The van der Waals surface area contributed by atoms with Gasteiger partial charge in [0.1, 0.15) is 23.6 Å². The zero-order valence-electron chi connectivity index (χ0n) is 23.9. The van der Waals surface area contributed by atoms with E-state index in [4.69, 9.17) is 20.7 Å². The third-order valence-electron chi connectivity index (χ3n) is 8.55. The van der Waals surface area contributed by atoms with Crippen molar-refractivity contribution in [3.8, 4) is 17.0 Å². The summed E-state index contributed by atoms with van der Waals surface area (Å²) < 4.78 is 7.52. The Morgan fingerprint density at radius 2 is 1.71 bits per heavy atom. The van der Waals surface area contributed by atoms with Crippen LogP contribution >= 0.6 is 0 Å². The third kappa shape index (κ3) is 6.02. The SMILES string of the molecule is CN1CCN([C@H]2CC[C@@H](n3nc(-c4ccc(NCc5ccccc5OCC(=O)O)cc4)c4c(N)ncnc43)CC2)CC1. The number of fused-ring (bicyclic) bond motifs is 1. The zero-order chi connectivity index (χ0) is 29.1. The number of carboxylic acids is 1. The van der Waals surface area contributed by atoms with Gasteiger partial charge in [-0.3, -0.25) is 4.90 Å².